The first-order valence-corrected chi connectivity index (χ1v) is 5.54. The summed E-state index contributed by atoms with van der Waals surface area (Å²) in [7, 11) is 0. The molecule has 1 saturated carbocycles. The fourth-order valence-electron chi connectivity index (χ4n) is 2.23. The monoisotopic (exact) mass is 227 g/mol. The largest absolute Gasteiger partial charge is 0.477 e. The molecule has 0 aromatic heterocycles. The molecule has 2 rings (SSSR count). The summed E-state index contributed by atoms with van der Waals surface area (Å²) in [5, 5.41) is 17.7. The lowest BCUT2D eigenvalue weighted by Crippen LogP contribution is -2.02. The average Bonchev–Trinajstić information content (AvgIpc) is 3.10. The molecule has 1 N–H and O–H groups in total. The second-order valence-corrected chi connectivity index (χ2v) is 4.33. The maximum Gasteiger partial charge on any atom is 0.346 e. The van der Waals surface area contributed by atoms with E-state index in [-0.39, 0.29) is 11.5 Å². The summed E-state index contributed by atoms with van der Waals surface area (Å²) in [5.41, 5.74) is 1.82. The first-order valence-electron chi connectivity index (χ1n) is 5.54. The smallest absolute Gasteiger partial charge is 0.346 e. The lowest BCUT2D eigenvalue weighted by Gasteiger charge is -2.02. The number of rotatable bonds is 3. The van der Waals surface area contributed by atoms with Crippen molar-refractivity contribution in [1.82, 2.24) is 0 Å². The van der Waals surface area contributed by atoms with Gasteiger partial charge in [0.15, 0.2) is 0 Å². The van der Waals surface area contributed by atoms with Crippen LogP contribution in [0.15, 0.2) is 41.5 Å². The van der Waals surface area contributed by atoms with Gasteiger partial charge in [-0.05, 0) is 36.3 Å². The average molecular weight is 227 g/mol. The minimum Gasteiger partial charge on any atom is -0.477 e. The van der Waals surface area contributed by atoms with Crippen molar-refractivity contribution in [3.05, 3.63) is 47.0 Å². The van der Waals surface area contributed by atoms with E-state index in [0.717, 1.165) is 6.42 Å². The van der Waals surface area contributed by atoms with E-state index >= 15 is 0 Å². The third-order valence-corrected chi connectivity index (χ3v) is 3.29. The van der Waals surface area contributed by atoms with Gasteiger partial charge in [-0.1, -0.05) is 30.3 Å². The van der Waals surface area contributed by atoms with Crippen LogP contribution in [0.25, 0.3) is 0 Å². The summed E-state index contributed by atoms with van der Waals surface area (Å²) in [6.07, 6.45) is 0.939. The van der Waals surface area contributed by atoms with E-state index in [1.54, 1.807) is 13.0 Å². The van der Waals surface area contributed by atoms with E-state index < -0.39 is 5.97 Å². The molecule has 2 unspecified atom stereocenters. The number of carboxylic acid groups (broad SMARTS) is 1. The lowest BCUT2D eigenvalue weighted by molar-refractivity contribution is -0.132. The molecule has 2 atom stereocenters. The summed E-state index contributed by atoms with van der Waals surface area (Å²) in [5.74, 6) is -0.536. The maximum absolute atomic E-state index is 10.9. The first-order chi connectivity index (χ1) is 8.15. The van der Waals surface area contributed by atoms with Gasteiger partial charge in [0, 0.05) is 0 Å². The van der Waals surface area contributed by atoms with E-state index in [1.165, 1.54) is 5.56 Å². The Labute approximate surface area is 100 Å². The lowest BCUT2D eigenvalue weighted by atomic mass is 10.0. The number of benzene rings is 1. The molecule has 86 valence electrons. The number of carboxylic acids is 1. The van der Waals surface area contributed by atoms with Gasteiger partial charge in [-0.25, -0.2) is 4.79 Å². The highest BCUT2D eigenvalue weighted by Crippen LogP contribution is 2.52. The van der Waals surface area contributed by atoms with Gasteiger partial charge in [0.25, 0.3) is 0 Å². The highest BCUT2D eigenvalue weighted by Gasteiger charge is 2.41. The van der Waals surface area contributed by atoms with Crippen LogP contribution < -0.4 is 0 Å². The zero-order chi connectivity index (χ0) is 12.4. The van der Waals surface area contributed by atoms with Gasteiger partial charge < -0.3 is 5.11 Å². The van der Waals surface area contributed by atoms with Crippen molar-refractivity contribution >= 4 is 5.97 Å². The molecule has 0 saturated heterocycles. The number of nitrogens with zero attached hydrogens (tertiary/aromatic N) is 1. The molecular formula is C14H13NO2. The molecule has 0 aliphatic heterocycles. The molecule has 1 fully saturated rings. The normalized spacial score (nSPS) is 23.5. The Morgan fingerprint density at radius 2 is 2.06 bits per heavy atom. The molecule has 1 aliphatic rings. The van der Waals surface area contributed by atoms with Crippen LogP contribution in [0, 0.1) is 17.2 Å². The third kappa shape index (κ3) is 2.21. The van der Waals surface area contributed by atoms with Crippen LogP contribution >= 0.6 is 0 Å². The predicted molar refractivity (Wildman–Crippen MR) is 63.2 cm³/mol. The zero-order valence-corrected chi connectivity index (χ0v) is 9.55. The van der Waals surface area contributed by atoms with Crippen LogP contribution in [0.3, 0.4) is 0 Å². The number of nitriles is 1. The van der Waals surface area contributed by atoms with Crippen molar-refractivity contribution < 1.29 is 9.90 Å². The van der Waals surface area contributed by atoms with Crippen LogP contribution in [0.1, 0.15) is 24.8 Å². The molecule has 17 heavy (non-hydrogen) atoms. The van der Waals surface area contributed by atoms with E-state index in [2.05, 4.69) is 0 Å². The van der Waals surface area contributed by atoms with Crippen LogP contribution in [0.2, 0.25) is 0 Å². The van der Waals surface area contributed by atoms with Crippen molar-refractivity contribution in [2.24, 2.45) is 5.92 Å². The van der Waals surface area contributed by atoms with Gasteiger partial charge in [-0.15, -0.1) is 0 Å². The topological polar surface area (TPSA) is 61.1 Å². The fraction of sp³-hybridized carbons (Fsp3) is 0.286. The minimum atomic E-state index is -1.12. The molecule has 3 nitrogen and oxygen atoms in total. The molecule has 0 bridgehead atoms. The minimum absolute atomic E-state index is 0.103. The maximum atomic E-state index is 10.9. The Morgan fingerprint density at radius 3 is 2.59 bits per heavy atom. The molecule has 0 spiro atoms. The van der Waals surface area contributed by atoms with Crippen LogP contribution in [-0.2, 0) is 4.79 Å². The van der Waals surface area contributed by atoms with Crippen LogP contribution in [0.5, 0.6) is 0 Å². The number of aliphatic carboxylic acids is 1. The SMILES string of the molecule is C/C(=C(\C#N)C(=O)O)C1CC1c1ccccc1. The Kier molecular flexibility index (Phi) is 2.97. The number of allylic oxidation sites excluding steroid dienone is 1. The van der Waals surface area contributed by atoms with Crippen molar-refractivity contribution in [2.75, 3.05) is 0 Å². The van der Waals surface area contributed by atoms with Gasteiger partial charge in [0.05, 0.1) is 0 Å². The molecule has 1 aromatic rings. The fourth-order valence-corrected chi connectivity index (χ4v) is 2.23. The van der Waals surface area contributed by atoms with Gasteiger partial charge in [0.1, 0.15) is 11.6 Å². The molecular weight excluding hydrogens is 214 g/mol. The second kappa shape index (κ2) is 4.42. The Hall–Kier alpha value is -2.08. The van der Waals surface area contributed by atoms with Gasteiger partial charge in [0.2, 0.25) is 0 Å². The van der Waals surface area contributed by atoms with Crippen molar-refractivity contribution in [1.29, 1.82) is 5.26 Å². The van der Waals surface area contributed by atoms with Gasteiger partial charge >= 0.3 is 5.97 Å². The van der Waals surface area contributed by atoms with Crippen LogP contribution in [-0.4, -0.2) is 11.1 Å². The Balaban J connectivity index is 2.20. The van der Waals surface area contributed by atoms with Crippen molar-refractivity contribution in [2.45, 2.75) is 19.3 Å². The van der Waals surface area contributed by atoms with Crippen molar-refractivity contribution in [3.8, 4) is 6.07 Å². The highest BCUT2D eigenvalue weighted by molar-refractivity contribution is 5.92. The molecule has 1 aromatic carbocycles. The number of carbonyl (C=O) groups is 1. The summed E-state index contributed by atoms with van der Waals surface area (Å²) < 4.78 is 0. The Bertz CT molecular complexity index is 511. The standard InChI is InChI=1S/C14H13NO2/c1-9(13(8-15)14(16)17)11-7-12(11)10-5-3-2-4-6-10/h2-6,11-12H,7H2,1H3,(H,16,17)/b13-9-. The summed E-state index contributed by atoms with van der Waals surface area (Å²) in [4.78, 5) is 10.9. The molecule has 0 radical (unpaired) electrons. The highest BCUT2D eigenvalue weighted by atomic mass is 16.4. The number of hydrogen-bond donors (Lipinski definition) is 1. The van der Waals surface area contributed by atoms with Crippen molar-refractivity contribution in [3.63, 3.8) is 0 Å². The zero-order valence-electron chi connectivity index (χ0n) is 9.55. The summed E-state index contributed by atoms with van der Waals surface area (Å²) in [6, 6.07) is 11.8. The molecule has 1 aliphatic carbocycles. The summed E-state index contributed by atoms with van der Waals surface area (Å²) >= 11 is 0. The molecule has 3 heteroatoms. The van der Waals surface area contributed by atoms with E-state index in [1.807, 2.05) is 30.3 Å². The van der Waals surface area contributed by atoms with Gasteiger partial charge in [-0.2, -0.15) is 5.26 Å². The van der Waals surface area contributed by atoms with E-state index in [4.69, 9.17) is 10.4 Å². The predicted octanol–water partition coefficient (Wildman–Crippen LogP) is 2.71. The van der Waals surface area contributed by atoms with Gasteiger partial charge in [-0.3, -0.25) is 0 Å². The van der Waals surface area contributed by atoms with E-state index in [0.29, 0.717) is 11.5 Å². The first kappa shape index (κ1) is 11.4. The summed E-state index contributed by atoms with van der Waals surface area (Å²) in [6.45, 7) is 1.75. The van der Waals surface area contributed by atoms with E-state index in [9.17, 15) is 4.79 Å². The Morgan fingerprint density at radius 1 is 1.41 bits per heavy atom. The van der Waals surface area contributed by atoms with Crippen LogP contribution in [0.4, 0.5) is 0 Å². The third-order valence-electron chi connectivity index (χ3n) is 3.29. The quantitative estimate of drug-likeness (QED) is 0.638. The molecule has 0 heterocycles. The molecule has 0 amide bonds. The second-order valence-electron chi connectivity index (χ2n) is 4.33. The number of hydrogen-bond acceptors (Lipinski definition) is 2.